The summed E-state index contributed by atoms with van der Waals surface area (Å²) in [6.07, 6.45) is 0. The van der Waals surface area contributed by atoms with E-state index >= 15 is 0 Å². The summed E-state index contributed by atoms with van der Waals surface area (Å²) in [5, 5.41) is 13.0. The molecule has 0 unspecified atom stereocenters. The number of nitrogens with zero attached hydrogens (tertiary/aromatic N) is 3. The van der Waals surface area contributed by atoms with Crippen molar-refractivity contribution in [2.75, 3.05) is 24.8 Å². The Morgan fingerprint density at radius 3 is 2.72 bits per heavy atom. The SMILES string of the molecule is CCOC(=O)c1cc(C)sc1NC(=O)CSc1nnc(-c2cc(Cl)ccc2OC)n1CC. The number of aryl methyl sites for hydroxylation is 1. The van der Waals surface area contributed by atoms with Gasteiger partial charge in [0.2, 0.25) is 5.91 Å². The van der Waals surface area contributed by atoms with Crippen LogP contribution >= 0.6 is 34.7 Å². The molecule has 0 atom stereocenters. The van der Waals surface area contributed by atoms with Gasteiger partial charge in [-0.1, -0.05) is 23.4 Å². The summed E-state index contributed by atoms with van der Waals surface area (Å²) in [7, 11) is 1.58. The number of anilines is 1. The third kappa shape index (κ3) is 5.43. The molecule has 0 aliphatic heterocycles. The predicted octanol–water partition coefficient (Wildman–Crippen LogP) is 4.90. The molecular formula is C21H23ClN4O4S2. The van der Waals surface area contributed by atoms with Gasteiger partial charge in [-0.3, -0.25) is 4.79 Å². The lowest BCUT2D eigenvalue weighted by Gasteiger charge is -2.11. The molecule has 0 fully saturated rings. The lowest BCUT2D eigenvalue weighted by atomic mass is 10.2. The van der Waals surface area contributed by atoms with Gasteiger partial charge in [-0.25, -0.2) is 4.79 Å². The van der Waals surface area contributed by atoms with Crippen molar-refractivity contribution in [3.05, 3.63) is 39.7 Å². The topological polar surface area (TPSA) is 95.3 Å². The molecule has 1 N–H and O–H groups in total. The number of benzene rings is 1. The number of aromatic nitrogens is 3. The van der Waals surface area contributed by atoms with Crippen molar-refractivity contribution < 1.29 is 19.1 Å². The number of hydrogen-bond donors (Lipinski definition) is 1. The molecule has 0 saturated heterocycles. The summed E-state index contributed by atoms with van der Waals surface area (Å²) in [5.74, 6) is 0.628. The van der Waals surface area contributed by atoms with Crippen LogP contribution < -0.4 is 10.1 Å². The van der Waals surface area contributed by atoms with Crippen LogP contribution in [0, 0.1) is 6.92 Å². The van der Waals surface area contributed by atoms with Crippen LogP contribution in [0.15, 0.2) is 29.4 Å². The molecule has 2 aromatic heterocycles. The summed E-state index contributed by atoms with van der Waals surface area (Å²) in [6.45, 7) is 6.44. The molecule has 0 saturated carbocycles. The van der Waals surface area contributed by atoms with E-state index < -0.39 is 5.97 Å². The minimum Gasteiger partial charge on any atom is -0.496 e. The van der Waals surface area contributed by atoms with Crippen LogP contribution in [0.5, 0.6) is 5.75 Å². The summed E-state index contributed by atoms with van der Waals surface area (Å²) in [5.41, 5.74) is 1.08. The van der Waals surface area contributed by atoms with Gasteiger partial charge in [0.25, 0.3) is 0 Å². The zero-order valence-corrected chi connectivity index (χ0v) is 20.5. The van der Waals surface area contributed by atoms with E-state index in [-0.39, 0.29) is 18.3 Å². The molecule has 1 aromatic carbocycles. The van der Waals surface area contributed by atoms with Crippen LogP contribution in [0.25, 0.3) is 11.4 Å². The van der Waals surface area contributed by atoms with Crippen molar-refractivity contribution in [1.29, 1.82) is 0 Å². The largest absolute Gasteiger partial charge is 0.496 e. The van der Waals surface area contributed by atoms with E-state index in [9.17, 15) is 9.59 Å². The highest BCUT2D eigenvalue weighted by Crippen LogP contribution is 2.33. The smallest absolute Gasteiger partial charge is 0.341 e. The van der Waals surface area contributed by atoms with Gasteiger partial charge in [0.15, 0.2) is 11.0 Å². The molecule has 170 valence electrons. The molecule has 11 heteroatoms. The number of halogens is 1. The molecule has 0 aliphatic rings. The number of rotatable bonds is 9. The fraction of sp³-hybridized carbons (Fsp3) is 0.333. The van der Waals surface area contributed by atoms with Crippen molar-refractivity contribution in [1.82, 2.24) is 14.8 Å². The molecule has 3 aromatic rings. The zero-order valence-electron chi connectivity index (χ0n) is 18.1. The highest BCUT2D eigenvalue weighted by atomic mass is 35.5. The monoisotopic (exact) mass is 494 g/mol. The maximum Gasteiger partial charge on any atom is 0.341 e. The lowest BCUT2D eigenvalue weighted by molar-refractivity contribution is -0.113. The molecule has 3 rings (SSSR count). The van der Waals surface area contributed by atoms with Crippen LogP contribution in [0.1, 0.15) is 29.1 Å². The van der Waals surface area contributed by atoms with Crippen LogP contribution in [-0.2, 0) is 16.1 Å². The van der Waals surface area contributed by atoms with E-state index in [1.807, 2.05) is 18.4 Å². The average Bonchev–Trinajstić information content (AvgIpc) is 3.35. The first kappa shape index (κ1) is 24.1. The Kier molecular flexibility index (Phi) is 8.16. The van der Waals surface area contributed by atoms with Gasteiger partial charge in [-0.15, -0.1) is 21.5 Å². The number of nitrogens with one attached hydrogen (secondary N) is 1. The Labute approximate surface area is 199 Å². The Hall–Kier alpha value is -2.56. The predicted molar refractivity (Wildman–Crippen MR) is 127 cm³/mol. The van der Waals surface area contributed by atoms with E-state index in [2.05, 4.69) is 15.5 Å². The lowest BCUT2D eigenvalue weighted by Crippen LogP contribution is -2.16. The van der Waals surface area contributed by atoms with E-state index in [4.69, 9.17) is 21.1 Å². The highest BCUT2D eigenvalue weighted by molar-refractivity contribution is 7.99. The highest BCUT2D eigenvalue weighted by Gasteiger charge is 2.20. The Bertz CT molecular complexity index is 1130. The van der Waals surface area contributed by atoms with Gasteiger partial charge in [0.1, 0.15) is 10.8 Å². The first-order valence-corrected chi connectivity index (χ1v) is 12.0. The maximum absolute atomic E-state index is 12.6. The molecule has 0 radical (unpaired) electrons. The normalized spacial score (nSPS) is 10.8. The minimum atomic E-state index is -0.453. The molecule has 0 aliphatic carbocycles. The number of thioether (sulfide) groups is 1. The van der Waals surface area contributed by atoms with E-state index in [0.29, 0.717) is 38.9 Å². The summed E-state index contributed by atoms with van der Waals surface area (Å²) in [6, 6.07) is 7.00. The van der Waals surface area contributed by atoms with Crippen molar-refractivity contribution in [3.63, 3.8) is 0 Å². The zero-order chi connectivity index (χ0) is 23.3. The Morgan fingerprint density at radius 2 is 2.03 bits per heavy atom. The Morgan fingerprint density at radius 1 is 1.25 bits per heavy atom. The van der Waals surface area contributed by atoms with Gasteiger partial charge < -0.3 is 19.4 Å². The van der Waals surface area contributed by atoms with Crippen LogP contribution in [0.2, 0.25) is 5.02 Å². The molecule has 32 heavy (non-hydrogen) atoms. The van der Waals surface area contributed by atoms with Gasteiger partial charge >= 0.3 is 5.97 Å². The fourth-order valence-corrected chi connectivity index (χ4v) is 4.89. The second-order valence-electron chi connectivity index (χ2n) is 6.55. The van der Waals surface area contributed by atoms with Gasteiger partial charge in [-0.05, 0) is 45.0 Å². The van der Waals surface area contributed by atoms with Crippen LogP contribution in [0.4, 0.5) is 5.00 Å². The van der Waals surface area contributed by atoms with Gasteiger partial charge in [-0.2, -0.15) is 0 Å². The van der Waals surface area contributed by atoms with E-state index in [1.165, 1.54) is 23.1 Å². The van der Waals surface area contributed by atoms with Crippen molar-refractivity contribution in [2.45, 2.75) is 32.5 Å². The second-order valence-corrected chi connectivity index (χ2v) is 9.19. The Balaban J connectivity index is 1.74. The molecule has 1 amide bonds. The summed E-state index contributed by atoms with van der Waals surface area (Å²) in [4.78, 5) is 25.6. The van der Waals surface area contributed by atoms with Gasteiger partial charge in [0.05, 0.1) is 30.6 Å². The van der Waals surface area contributed by atoms with Crippen LogP contribution in [0.3, 0.4) is 0 Å². The maximum atomic E-state index is 12.6. The number of hydrogen-bond acceptors (Lipinski definition) is 8. The second kappa shape index (κ2) is 10.8. The third-order valence-electron chi connectivity index (χ3n) is 4.37. The summed E-state index contributed by atoms with van der Waals surface area (Å²) < 4.78 is 12.4. The van der Waals surface area contributed by atoms with Crippen molar-refractivity contribution in [3.8, 4) is 17.1 Å². The van der Waals surface area contributed by atoms with Crippen molar-refractivity contribution >= 4 is 51.6 Å². The number of methoxy groups -OCH3 is 1. The molecule has 0 bridgehead atoms. The summed E-state index contributed by atoms with van der Waals surface area (Å²) >= 11 is 8.75. The standard InChI is InChI=1S/C21H23ClN4O4S2/c1-5-26-18(14-10-13(22)7-8-16(14)29-4)24-25-21(26)31-11-17(27)23-19-15(9-12(3)32-19)20(28)30-6-2/h7-10H,5-6,11H2,1-4H3,(H,23,27). The van der Waals surface area contributed by atoms with Crippen molar-refractivity contribution in [2.24, 2.45) is 0 Å². The molecule has 8 nitrogen and oxygen atoms in total. The average molecular weight is 495 g/mol. The molecular weight excluding hydrogens is 472 g/mol. The van der Waals surface area contributed by atoms with E-state index in [0.717, 1.165) is 10.4 Å². The number of amides is 1. The number of esters is 1. The minimum absolute atomic E-state index is 0.101. The van der Waals surface area contributed by atoms with Crippen LogP contribution in [-0.4, -0.2) is 46.1 Å². The molecule has 0 spiro atoms. The van der Waals surface area contributed by atoms with Gasteiger partial charge in [0, 0.05) is 16.4 Å². The number of carbonyl (C=O) groups is 2. The number of carbonyl (C=O) groups excluding carboxylic acids is 2. The quantitative estimate of drug-likeness (QED) is 0.333. The fourth-order valence-electron chi connectivity index (χ4n) is 3.00. The number of ether oxygens (including phenoxy) is 2. The first-order valence-electron chi connectivity index (χ1n) is 9.85. The number of thiophene rings is 1. The molecule has 2 heterocycles. The third-order valence-corrected chi connectivity index (χ3v) is 6.54. The van der Waals surface area contributed by atoms with E-state index in [1.54, 1.807) is 38.3 Å². The first-order chi connectivity index (χ1) is 15.4.